The zero-order valence-electron chi connectivity index (χ0n) is 16.3. The van der Waals surface area contributed by atoms with E-state index in [9.17, 15) is 19.7 Å². The van der Waals surface area contributed by atoms with Gasteiger partial charge in [-0.3, -0.25) is 14.9 Å². The number of nitrogens with zero attached hydrogens (tertiary/aromatic N) is 2. The van der Waals surface area contributed by atoms with Crippen molar-refractivity contribution in [2.24, 2.45) is 0 Å². The van der Waals surface area contributed by atoms with Crippen molar-refractivity contribution in [3.8, 4) is 17.6 Å². The van der Waals surface area contributed by atoms with Gasteiger partial charge < -0.3 is 14.2 Å². The molecule has 0 radical (unpaired) electrons. The largest absolute Gasteiger partial charge is 0.493 e. The molecule has 2 aromatic rings. The molecule has 0 aliphatic carbocycles. The third-order valence-electron chi connectivity index (χ3n) is 3.97. The minimum atomic E-state index is -0.756. The third kappa shape index (κ3) is 5.90. The van der Waals surface area contributed by atoms with Gasteiger partial charge in [0.15, 0.2) is 24.7 Å². The lowest BCUT2D eigenvalue weighted by molar-refractivity contribution is -0.385. The summed E-state index contributed by atoms with van der Waals surface area (Å²) < 4.78 is 15.3. The molecule has 2 aromatic carbocycles. The lowest BCUT2D eigenvalue weighted by Crippen LogP contribution is -2.13. The van der Waals surface area contributed by atoms with Crippen LogP contribution in [0.4, 0.5) is 5.69 Å². The summed E-state index contributed by atoms with van der Waals surface area (Å²) in [6, 6.07) is 10.8. The number of nitro groups is 1. The smallest absolute Gasteiger partial charge is 0.331 e. The number of carbonyl (C=O) groups excluding carboxylic acids is 2. The van der Waals surface area contributed by atoms with Crippen molar-refractivity contribution in [3.05, 3.63) is 69.3 Å². The molecule has 2 rings (SSSR count). The number of ketones is 1. The molecule has 30 heavy (non-hydrogen) atoms. The van der Waals surface area contributed by atoms with E-state index in [0.29, 0.717) is 22.6 Å². The number of hydrogen-bond donors (Lipinski definition) is 0. The SMILES string of the molecule is COc1cc(/C=C/C(=O)OCC(=O)c2ccc(C)c([N+](=O)[O-])c2)ccc1OCC#N. The molecule has 0 aromatic heterocycles. The number of methoxy groups -OCH3 is 1. The van der Waals surface area contributed by atoms with E-state index >= 15 is 0 Å². The summed E-state index contributed by atoms with van der Waals surface area (Å²) in [7, 11) is 1.44. The highest BCUT2D eigenvalue weighted by molar-refractivity contribution is 5.99. The number of ether oxygens (including phenoxy) is 3. The van der Waals surface area contributed by atoms with Gasteiger partial charge in [0.1, 0.15) is 6.07 Å². The van der Waals surface area contributed by atoms with Crippen LogP contribution in [-0.4, -0.2) is 37.0 Å². The van der Waals surface area contributed by atoms with Crippen molar-refractivity contribution in [2.75, 3.05) is 20.3 Å². The number of carbonyl (C=O) groups is 2. The Balaban J connectivity index is 1.98. The molecule has 0 unspecified atom stereocenters. The van der Waals surface area contributed by atoms with Crippen molar-refractivity contribution in [2.45, 2.75) is 6.92 Å². The Morgan fingerprint density at radius 3 is 2.63 bits per heavy atom. The highest BCUT2D eigenvalue weighted by atomic mass is 16.6. The van der Waals surface area contributed by atoms with Gasteiger partial charge in [-0.2, -0.15) is 5.26 Å². The Bertz CT molecular complexity index is 1040. The maximum atomic E-state index is 12.1. The van der Waals surface area contributed by atoms with Crippen LogP contribution in [0.3, 0.4) is 0 Å². The fourth-order valence-corrected chi connectivity index (χ4v) is 2.43. The first-order chi connectivity index (χ1) is 14.3. The summed E-state index contributed by atoms with van der Waals surface area (Å²) in [5.41, 5.74) is 0.939. The van der Waals surface area contributed by atoms with Gasteiger partial charge in [-0.15, -0.1) is 0 Å². The molecular weight excluding hydrogens is 392 g/mol. The van der Waals surface area contributed by atoms with Crippen molar-refractivity contribution in [1.29, 1.82) is 5.26 Å². The highest BCUT2D eigenvalue weighted by Gasteiger charge is 2.16. The molecule has 154 valence electrons. The molecule has 0 atom stereocenters. The van der Waals surface area contributed by atoms with Crippen molar-refractivity contribution < 1.29 is 28.7 Å². The first-order valence-corrected chi connectivity index (χ1v) is 8.66. The second-order valence-corrected chi connectivity index (χ2v) is 5.98. The van der Waals surface area contributed by atoms with Crippen LogP contribution >= 0.6 is 0 Å². The molecule has 0 fully saturated rings. The van der Waals surface area contributed by atoms with Crippen LogP contribution < -0.4 is 9.47 Å². The number of nitro benzene ring substituents is 1. The number of aryl methyl sites for hydroxylation is 1. The topological polar surface area (TPSA) is 129 Å². The summed E-state index contributed by atoms with van der Waals surface area (Å²) in [5, 5.41) is 19.5. The maximum absolute atomic E-state index is 12.1. The number of hydrogen-bond acceptors (Lipinski definition) is 8. The summed E-state index contributed by atoms with van der Waals surface area (Å²) in [6.45, 7) is 0.887. The fraction of sp³-hybridized carbons (Fsp3) is 0.190. The van der Waals surface area contributed by atoms with E-state index in [4.69, 9.17) is 19.5 Å². The zero-order valence-corrected chi connectivity index (χ0v) is 16.3. The fourth-order valence-electron chi connectivity index (χ4n) is 2.43. The van der Waals surface area contributed by atoms with Gasteiger partial charge in [-0.25, -0.2) is 4.79 Å². The number of Topliss-reactive ketones (excluding diaryl/α,β-unsaturated/α-hetero) is 1. The van der Waals surface area contributed by atoms with Crippen LogP contribution in [0.15, 0.2) is 42.5 Å². The Labute approximate surface area is 172 Å². The molecule has 0 amide bonds. The van der Waals surface area contributed by atoms with E-state index < -0.39 is 23.3 Å². The molecule has 0 saturated carbocycles. The zero-order chi connectivity index (χ0) is 22.1. The highest BCUT2D eigenvalue weighted by Crippen LogP contribution is 2.28. The predicted molar refractivity (Wildman–Crippen MR) is 106 cm³/mol. The standard InChI is InChI=1S/C21H18N2O7/c1-14-3-6-16(12-17(14)23(26)27)18(24)13-30-21(25)8-5-15-4-7-19(29-10-9-22)20(11-15)28-2/h3-8,11-12H,10,13H2,1-2H3/b8-5+. The summed E-state index contributed by atoms with van der Waals surface area (Å²) in [6.07, 6.45) is 2.59. The number of esters is 1. The summed E-state index contributed by atoms with van der Waals surface area (Å²) >= 11 is 0. The molecular formula is C21H18N2O7. The molecule has 0 saturated heterocycles. The average molecular weight is 410 g/mol. The van der Waals surface area contributed by atoms with Crippen LogP contribution in [0, 0.1) is 28.4 Å². The van der Waals surface area contributed by atoms with Crippen LogP contribution in [-0.2, 0) is 9.53 Å². The predicted octanol–water partition coefficient (Wildman–Crippen LogP) is 3.25. The molecule has 9 nitrogen and oxygen atoms in total. The Morgan fingerprint density at radius 1 is 1.20 bits per heavy atom. The van der Waals surface area contributed by atoms with Gasteiger partial charge in [-0.1, -0.05) is 18.2 Å². The Hall–Kier alpha value is -4.19. The molecule has 0 N–H and O–H groups in total. The second kappa shape index (κ2) is 10.4. The van der Waals surface area contributed by atoms with E-state index in [1.165, 1.54) is 25.3 Å². The van der Waals surface area contributed by atoms with E-state index in [0.717, 1.165) is 12.1 Å². The van der Waals surface area contributed by atoms with Gasteiger partial charge in [0.25, 0.3) is 5.69 Å². The second-order valence-electron chi connectivity index (χ2n) is 5.98. The first-order valence-electron chi connectivity index (χ1n) is 8.66. The minimum absolute atomic E-state index is 0.0850. The lowest BCUT2D eigenvalue weighted by Gasteiger charge is -2.08. The van der Waals surface area contributed by atoms with Gasteiger partial charge in [0.2, 0.25) is 5.78 Å². The lowest BCUT2D eigenvalue weighted by atomic mass is 10.1. The minimum Gasteiger partial charge on any atom is -0.493 e. The number of benzene rings is 2. The Kier molecular flexibility index (Phi) is 7.65. The van der Waals surface area contributed by atoms with Crippen molar-refractivity contribution >= 4 is 23.5 Å². The summed E-state index contributed by atoms with van der Waals surface area (Å²) in [4.78, 5) is 34.4. The van der Waals surface area contributed by atoms with Crippen LogP contribution in [0.2, 0.25) is 0 Å². The number of rotatable bonds is 9. The Morgan fingerprint density at radius 2 is 1.97 bits per heavy atom. The summed E-state index contributed by atoms with van der Waals surface area (Å²) in [5.74, 6) is -0.539. The van der Waals surface area contributed by atoms with Crippen LogP contribution in [0.25, 0.3) is 6.08 Å². The maximum Gasteiger partial charge on any atom is 0.331 e. The van der Waals surface area contributed by atoms with Crippen molar-refractivity contribution in [1.82, 2.24) is 0 Å². The normalized spacial score (nSPS) is 10.3. The van der Waals surface area contributed by atoms with Gasteiger partial charge in [0, 0.05) is 23.3 Å². The van der Waals surface area contributed by atoms with Gasteiger partial charge >= 0.3 is 5.97 Å². The molecule has 0 spiro atoms. The van der Waals surface area contributed by atoms with Crippen LogP contribution in [0.1, 0.15) is 21.5 Å². The van der Waals surface area contributed by atoms with Gasteiger partial charge in [-0.05, 0) is 30.7 Å². The monoisotopic (exact) mass is 410 g/mol. The van der Waals surface area contributed by atoms with E-state index in [1.807, 2.05) is 6.07 Å². The van der Waals surface area contributed by atoms with Crippen LogP contribution in [0.5, 0.6) is 11.5 Å². The molecule has 0 bridgehead atoms. The third-order valence-corrected chi connectivity index (χ3v) is 3.97. The first kappa shape index (κ1) is 22.1. The van der Waals surface area contributed by atoms with E-state index in [1.54, 1.807) is 25.1 Å². The molecule has 0 aliphatic heterocycles. The van der Waals surface area contributed by atoms with E-state index in [2.05, 4.69) is 0 Å². The van der Waals surface area contributed by atoms with Gasteiger partial charge in [0.05, 0.1) is 12.0 Å². The average Bonchev–Trinajstić information content (AvgIpc) is 2.74. The van der Waals surface area contributed by atoms with Crippen molar-refractivity contribution in [3.63, 3.8) is 0 Å². The quantitative estimate of drug-likeness (QED) is 0.202. The molecule has 9 heteroatoms. The van der Waals surface area contributed by atoms with E-state index in [-0.39, 0.29) is 17.9 Å². The molecule has 0 heterocycles. The number of nitriles is 1. The molecule has 0 aliphatic rings.